The minimum absolute atomic E-state index is 0.318. The molecule has 2 aromatic rings. The summed E-state index contributed by atoms with van der Waals surface area (Å²) in [5.41, 5.74) is 1.29. The van der Waals surface area contributed by atoms with Crippen molar-refractivity contribution in [2.24, 2.45) is 0 Å². The third-order valence-corrected chi connectivity index (χ3v) is 4.17. The third-order valence-electron chi connectivity index (χ3n) is 2.74. The van der Waals surface area contributed by atoms with Gasteiger partial charge in [0.2, 0.25) is 0 Å². The number of rotatable bonds is 3. The van der Waals surface area contributed by atoms with Crippen LogP contribution in [0.4, 0.5) is 4.39 Å². The lowest BCUT2D eigenvalue weighted by atomic mass is 10.0. The average molecular weight is 437 g/mol. The van der Waals surface area contributed by atoms with E-state index >= 15 is 0 Å². The molecule has 0 aliphatic heterocycles. The zero-order valence-electron chi connectivity index (χ0n) is 10.0. The van der Waals surface area contributed by atoms with E-state index in [-0.39, 0.29) is 5.82 Å². The summed E-state index contributed by atoms with van der Waals surface area (Å²) < 4.78 is 19.9. The van der Waals surface area contributed by atoms with E-state index < -0.39 is 6.10 Å². The maximum absolute atomic E-state index is 13.1. The molecule has 1 unspecified atom stereocenters. The lowest BCUT2D eigenvalue weighted by Crippen LogP contribution is -2.04. The second kappa shape index (κ2) is 6.19. The summed E-state index contributed by atoms with van der Waals surface area (Å²) in [6, 6.07) is 9.73. The Hall–Kier alpha value is -0.660. The van der Waals surface area contributed by atoms with Gasteiger partial charge >= 0.3 is 0 Å². The van der Waals surface area contributed by atoms with Gasteiger partial charge in [-0.05, 0) is 58.5 Å². The lowest BCUT2D eigenvalue weighted by molar-refractivity contribution is 0.213. The molecule has 0 radical (unpaired) electrons. The summed E-state index contributed by atoms with van der Waals surface area (Å²) in [4.78, 5) is 0. The Labute approximate surface area is 132 Å². The van der Waals surface area contributed by atoms with Gasteiger partial charge in [0.25, 0.3) is 0 Å². The molecule has 0 aliphatic rings. The van der Waals surface area contributed by atoms with Crippen LogP contribution in [0.5, 0.6) is 5.75 Å². The quantitative estimate of drug-likeness (QED) is 0.727. The molecule has 2 rings (SSSR count). The van der Waals surface area contributed by atoms with Crippen LogP contribution in [-0.2, 0) is 0 Å². The van der Waals surface area contributed by atoms with E-state index in [1.807, 2.05) is 28.7 Å². The number of methoxy groups -OCH3 is 1. The number of aliphatic hydroxyl groups is 1. The first-order valence-electron chi connectivity index (χ1n) is 5.49. The fraction of sp³-hybridized carbons (Fsp3) is 0.143. The highest BCUT2D eigenvalue weighted by Crippen LogP contribution is 2.34. The summed E-state index contributed by atoms with van der Waals surface area (Å²) >= 11 is 5.38. The van der Waals surface area contributed by atoms with E-state index in [0.29, 0.717) is 20.4 Å². The molecule has 0 saturated carbocycles. The highest BCUT2D eigenvalue weighted by molar-refractivity contribution is 14.1. The van der Waals surface area contributed by atoms with Crippen molar-refractivity contribution in [2.75, 3.05) is 7.11 Å². The molecule has 0 spiro atoms. The van der Waals surface area contributed by atoms with E-state index in [0.717, 1.165) is 4.47 Å². The number of halogens is 3. The Morgan fingerprint density at radius 3 is 2.58 bits per heavy atom. The van der Waals surface area contributed by atoms with Crippen molar-refractivity contribution in [3.05, 3.63) is 61.4 Å². The number of ether oxygens (including phenoxy) is 1. The van der Waals surface area contributed by atoms with Gasteiger partial charge in [-0.1, -0.05) is 22.0 Å². The molecule has 5 heteroatoms. The molecule has 0 fully saturated rings. The number of aliphatic hydroxyl groups excluding tert-OH is 1. The third kappa shape index (κ3) is 3.27. The van der Waals surface area contributed by atoms with E-state index in [4.69, 9.17) is 4.74 Å². The van der Waals surface area contributed by atoms with E-state index in [2.05, 4.69) is 15.9 Å². The van der Waals surface area contributed by atoms with Crippen LogP contribution in [0.25, 0.3) is 0 Å². The van der Waals surface area contributed by atoms with Gasteiger partial charge in [-0.3, -0.25) is 0 Å². The summed E-state index contributed by atoms with van der Waals surface area (Å²) in [5, 5.41) is 10.5. The minimum Gasteiger partial charge on any atom is -0.496 e. The van der Waals surface area contributed by atoms with Crippen molar-refractivity contribution in [3.8, 4) is 5.75 Å². The number of hydrogen-bond acceptors (Lipinski definition) is 2. The maximum Gasteiger partial charge on any atom is 0.125 e. The van der Waals surface area contributed by atoms with Gasteiger partial charge in [-0.2, -0.15) is 0 Å². The summed E-state index contributed by atoms with van der Waals surface area (Å²) in [5.74, 6) is 0.275. The summed E-state index contributed by atoms with van der Waals surface area (Å²) in [6.45, 7) is 0. The predicted molar refractivity (Wildman–Crippen MR) is 83.9 cm³/mol. The van der Waals surface area contributed by atoms with Crippen molar-refractivity contribution < 1.29 is 14.2 Å². The second-order valence-electron chi connectivity index (χ2n) is 3.95. The van der Waals surface area contributed by atoms with Crippen molar-refractivity contribution in [2.45, 2.75) is 6.10 Å². The molecular formula is C14H11BrFIO2. The Kier molecular flexibility index (Phi) is 4.81. The highest BCUT2D eigenvalue weighted by atomic mass is 127. The Morgan fingerprint density at radius 2 is 1.95 bits per heavy atom. The van der Waals surface area contributed by atoms with Crippen LogP contribution in [0.1, 0.15) is 17.2 Å². The molecule has 100 valence electrons. The van der Waals surface area contributed by atoms with E-state index in [9.17, 15) is 9.50 Å². The number of hydrogen-bond donors (Lipinski definition) is 1. The van der Waals surface area contributed by atoms with Gasteiger partial charge in [0.1, 0.15) is 17.7 Å². The standard InChI is InChI=1S/C14H11BrFIO2/c1-19-13-5-2-8(15)6-11(13)14(18)10-4-3-9(16)7-12(10)17/h2-7,14,18H,1H3. The average Bonchev–Trinajstić information content (AvgIpc) is 2.38. The molecule has 1 atom stereocenters. The predicted octanol–water partition coefficient (Wildman–Crippen LogP) is 4.28. The largest absolute Gasteiger partial charge is 0.496 e. The zero-order valence-corrected chi connectivity index (χ0v) is 13.8. The summed E-state index contributed by atoms with van der Waals surface area (Å²) in [7, 11) is 1.55. The van der Waals surface area contributed by atoms with Crippen molar-refractivity contribution in [1.29, 1.82) is 0 Å². The molecule has 0 heterocycles. The second-order valence-corrected chi connectivity index (χ2v) is 6.03. The SMILES string of the molecule is COc1ccc(Br)cc1C(O)c1ccc(F)cc1I. The van der Waals surface area contributed by atoms with Crippen molar-refractivity contribution in [3.63, 3.8) is 0 Å². The molecule has 0 aliphatic carbocycles. The van der Waals surface area contributed by atoms with Crippen LogP contribution in [0, 0.1) is 9.39 Å². The molecule has 1 N–H and O–H groups in total. The Morgan fingerprint density at radius 1 is 1.21 bits per heavy atom. The van der Waals surface area contributed by atoms with Gasteiger partial charge in [0.15, 0.2) is 0 Å². The highest BCUT2D eigenvalue weighted by Gasteiger charge is 2.18. The molecule has 0 bridgehead atoms. The van der Waals surface area contributed by atoms with Gasteiger partial charge in [0.05, 0.1) is 7.11 Å². The van der Waals surface area contributed by atoms with Crippen LogP contribution >= 0.6 is 38.5 Å². The molecule has 0 aromatic heterocycles. The van der Waals surface area contributed by atoms with E-state index in [1.165, 1.54) is 12.1 Å². The molecule has 2 nitrogen and oxygen atoms in total. The molecular weight excluding hydrogens is 426 g/mol. The van der Waals surface area contributed by atoms with Crippen LogP contribution in [0.15, 0.2) is 40.9 Å². The van der Waals surface area contributed by atoms with Crippen LogP contribution in [0.2, 0.25) is 0 Å². The Balaban J connectivity index is 2.49. The molecule has 19 heavy (non-hydrogen) atoms. The normalized spacial score (nSPS) is 12.3. The lowest BCUT2D eigenvalue weighted by Gasteiger charge is -2.17. The van der Waals surface area contributed by atoms with E-state index in [1.54, 1.807) is 25.3 Å². The van der Waals surface area contributed by atoms with Gasteiger partial charge in [-0.25, -0.2) is 4.39 Å². The van der Waals surface area contributed by atoms with Crippen LogP contribution < -0.4 is 4.74 Å². The van der Waals surface area contributed by atoms with Gasteiger partial charge in [-0.15, -0.1) is 0 Å². The van der Waals surface area contributed by atoms with Crippen molar-refractivity contribution in [1.82, 2.24) is 0 Å². The smallest absolute Gasteiger partial charge is 0.125 e. The molecule has 0 amide bonds. The minimum atomic E-state index is -0.861. The first-order valence-corrected chi connectivity index (χ1v) is 7.36. The van der Waals surface area contributed by atoms with Gasteiger partial charge in [0, 0.05) is 13.6 Å². The fourth-order valence-electron chi connectivity index (χ4n) is 1.81. The zero-order chi connectivity index (χ0) is 14.0. The van der Waals surface area contributed by atoms with Crippen molar-refractivity contribution >= 4 is 38.5 Å². The van der Waals surface area contributed by atoms with Gasteiger partial charge < -0.3 is 9.84 Å². The summed E-state index contributed by atoms with van der Waals surface area (Å²) in [6.07, 6.45) is -0.861. The first-order chi connectivity index (χ1) is 9.02. The molecule has 2 aromatic carbocycles. The number of benzene rings is 2. The first kappa shape index (κ1) is 14.7. The molecule has 0 saturated heterocycles. The monoisotopic (exact) mass is 436 g/mol. The van der Waals surface area contributed by atoms with Crippen LogP contribution in [-0.4, -0.2) is 12.2 Å². The van der Waals surface area contributed by atoms with Crippen LogP contribution in [0.3, 0.4) is 0 Å². The maximum atomic E-state index is 13.1. The Bertz CT molecular complexity index is 604. The topological polar surface area (TPSA) is 29.5 Å². The fourth-order valence-corrected chi connectivity index (χ4v) is 2.96.